The van der Waals surface area contributed by atoms with Crippen molar-refractivity contribution < 1.29 is 4.79 Å². The van der Waals surface area contributed by atoms with Crippen molar-refractivity contribution in [2.24, 2.45) is 0 Å². The molecule has 1 fully saturated rings. The Bertz CT molecular complexity index is 592. The van der Waals surface area contributed by atoms with E-state index in [2.05, 4.69) is 22.0 Å². The van der Waals surface area contributed by atoms with Gasteiger partial charge >= 0.3 is 0 Å². The molecule has 1 aliphatic heterocycles. The Hall–Kier alpha value is -1.75. The molecule has 0 amide bonds. The van der Waals surface area contributed by atoms with Crippen LogP contribution in [-0.2, 0) is 6.42 Å². The minimum atomic E-state index is 0.539. The minimum Gasteiger partial charge on any atom is -0.303 e. The number of likely N-dealkylation sites (tertiary alicyclic amines) is 1. The first-order valence-corrected chi connectivity index (χ1v) is 6.77. The van der Waals surface area contributed by atoms with Crippen molar-refractivity contribution in [1.82, 2.24) is 19.5 Å². The zero-order valence-corrected chi connectivity index (χ0v) is 11.1. The monoisotopic (exact) mass is 258 g/mol. The Kier molecular flexibility index (Phi) is 3.29. The third-order valence-corrected chi connectivity index (χ3v) is 3.87. The molecule has 1 unspecified atom stereocenters. The summed E-state index contributed by atoms with van der Waals surface area (Å²) in [6, 6.07) is 4.15. The number of hydrogen-bond donors (Lipinski definition) is 0. The molecular formula is C14H18N4O. The van der Waals surface area contributed by atoms with E-state index < -0.39 is 0 Å². The van der Waals surface area contributed by atoms with Crippen molar-refractivity contribution in [2.75, 3.05) is 13.6 Å². The van der Waals surface area contributed by atoms with E-state index in [1.807, 2.05) is 6.07 Å². The molecular weight excluding hydrogens is 240 g/mol. The summed E-state index contributed by atoms with van der Waals surface area (Å²) in [5, 5.41) is 4.47. The molecule has 1 aliphatic rings. The van der Waals surface area contributed by atoms with Crippen LogP contribution >= 0.6 is 0 Å². The molecule has 2 aromatic rings. The van der Waals surface area contributed by atoms with Gasteiger partial charge in [0.2, 0.25) is 0 Å². The van der Waals surface area contributed by atoms with Crippen molar-refractivity contribution in [3.63, 3.8) is 0 Å². The molecule has 0 saturated carbocycles. The van der Waals surface area contributed by atoms with Crippen LogP contribution in [0, 0.1) is 0 Å². The van der Waals surface area contributed by atoms with Crippen LogP contribution in [0.3, 0.4) is 0 Å². The van der Waals surface area contributed by atoms with Gasteiger partial charge in [-0.1, -0.05) is 6.42 Å². The highest BCUT2D eigenvalue weighted by Gasteiger charge is 2.20. The van der Waals surface area contributed by atoms with Crippen LogP contribution in [0.15, 0.2) is 18.3 Å². The van der Waals surface area contributed by atoms with Crippen LogP contribution in [0.2, 0.25) is 0 Å². The van der Waals surface area contributed by atoms with Crippen LogP contribution in [0.5, 0.6) is 0 Å². The molecule has 5 heteroatoms. The smallest absolute Gasteiger partial charge is 0.155 e. The number of piperidine rings is 1. The maximum Gasteiger partial charge on any atom is 0.155 e. The number of hydrogen-bond acceptors (Lipinski definition) is 4. The summed E-state index contributed by atoms with van der Waals surface area (Å²) in [5.74, 6) is 0.863. The number of nitrogens with zero attached hydrogens (tertiary/aromatic N) is 4. The van der Waals surface area contributed by atoms with Gasteiger partial charge in [-0.25, -0.2) is 9.50 Å². The largest absolute Gasteiger partial charge is 0.303 e. The van der Waals surface area contributed by atoms with E-state index in [-0.39, 0.29) is 0 Å². The number of carbonyl (C=O) groups is 1. The average Bonchev–Trinajstić information content (AvgIpc) is 2.82. The molecule has 3 rings (SSSR count). The van der Waals surface area contributed by atoms with E-state index in [4.69, 9.17) is 0 Å². The molecule has 1 saturated heterocycles. The van der Waals surface area contributed by atoms with E-state index >= 15 is 0 Å². The Balaban J connectivity index is 1.82. The summed E-state index contributed by atoms with van der Waals surface area (Å²) in [5.41, 5.74) is 1.43. The van der Waals surface area contributed by atoms with Crippen LogP contribution in [0.1, 0.15) is 35.4 Å². The summed E-state index contributed by atoms with van der Waals surface area (Å²) in [6.07, 6.45) is 7.23. The van der Waals surface area contributed by atoms with Crippen LogP contribution in [0.4, 0.5) is 0 Å². The molecule has 0 radical (unpaired) electrons. The van der Waals surface area contributed by atoms with Gasteiger partial charge in [0, 0.05) is 24.2 Å². The number of likely N-dealkylation sites (N-methyl/N-ethyl adjacent to an activating group) is 1. The number of rotatable bonds is 3. The van der Waals surface area contributed by atoms with E-state index in [0.717, 1.165) is 30.7 Å². The Labute approximate surface area is 112 Å². The van der Waals surface area contributed by atoms with Gasteiger partial charge in [-0.15, -0.1) is 0 Å². The second kappa shape index (κ2) is 5.09. The van der Waals surface area contributed by atoms with Gasteiger partial charge in [0.25, 0.3) is 0 Å². The Morgan fingerprint density at radius 3 is 3.11 bits per heavy atom. The van der Waals surface area contributed by atoms with Gasteiger partial charge in [0.05, 0.1) is 0 Å². The zero-order chi connectivity index (χ0) is 13.2. The quantitative estimate of drug-likeness (QED) is 0.784. The lowest BCUT2D eigenvalue weighted by atomic mass is 10.00. The number of pyridine rings is 1. The zero-order valence-electron chi connectivity index (χ0n) is 11.1. The van der Waals surface area contributed by atoms with Crippen LogP contribution in [-0.4, -0.2) is 45.4 Å². The van der Waals surface area contributed by atoms with Gasteiger partial charge < -0.3 is 4.90 Å². The van der Waals surface area contributed by atoms with Crippen molar-refractivity contribution in [2.45, 2.75) is 31.7 Å². The summed E-state index contributed by atoms with van der Waals surface area (Å²) < 4.78 is 1.70. The topological polar surface area (TPSA) is 50.5 Å². The maximum absolute atomic E-state index is 10.7. The fourth-order valence-electron chi connectivity index (χ4n) is 2.71. The highest BCUT2D eigenvalue weighted by atomic mass is 16.1. The lowest BCUT2D eigenvalue weighted by Gasteiger charge is -2.31. The molecule has 5 nitrogen and oxygen atoms in total. The predicted octanol–water partition coefficient (Wildman–Crippen LogP) is 1.57. The van der Waals surface area contributed by atoms with E-state index in [1.54, 1.807) is 16.8 Å². The molecule has 100 valence electrons. The summed E-state index contributed by atoms with van der Waals surface area (Å²) in [4.78, 5) is 17.7. The number of carbonyl (C=O) groups excluding carboxylic acids is 1. The molecule has 0 aliphatic carbocycles. The third-order valence-electron chi connectivity index (χ3n) is 3.87. The standard InChI is InChI=1S/C14H18N4O/c1-17-7-3-2-4-12(17)8-13-15-14-6-5-11(10-19)9-18(14)16-13/h5-6,9-10,12H,2-4,7-8H2,1H3. The SMILES string of the molecule is CN1CCCCC1Cc1nc2ccc(C=O)cn2n1. The van der Waals surface area contributed by atoms with Crippen molar-refractivity contribution in [3.8, 4) is 0 Å². The van der Waals surface area contributed by atoms with Crippen molar-refractivity contribution >= 4 is 11.9 Å². The Morgan fingerprint density at radius 1 is 1.42 bits per heavy atom. The predicted molar refractivity (Wildman–Crippen MR) is 72.3 cm³/mol. The molecule has 0 spiro atoms. The molecule has 0 aromatic carbocycles. The van der Waals surface area contributed by atoms with Gasteiger partial charge in [0.15, 0.2) is 17.8 Å². The fraction of sp³-hybridized carbons (Fsp3) is 0.500. The average molecular weight is 258 g/mol. The molecule has 0 bridgehead atoms. The van der Waals surface area contributed by atoms with Crippen molar-refractivity contribution in [1.29, 1.82) is 0 Å². The molecule has 2 aromatic heterocycles. The van der Waals surface area contributed by atoms with Gasteiger partial charge in [0.1, 0.15) is 0 Å². The summed E-state index contributed by atoms with van der Waals surface area (Å²) >= 11 is 0. The molecule has 19 heavy (non-hydrogen) atoms. The number of aldehydes is 1. The lowest BCUT2D eigenvalue weighted by molar-refractivity contribution is 0.112. The normalized spacial score (nSPS) is 20.8. The second-order valence-electron chi connectivity index (χ2n) is 5.25. The van der Waals surface area contributed by atoms with E-state index in [1.165, 1.54) is 19.3 Å². The highest BCUT2D eigenvalue weighted by Crippen LogP contribution is 2.18. The van der Waals surface area contributed by atoms with Gasteiger partial charge in [-0.2, -0.15) is 5.10 Å². The van der Waals surface area contributed by atoms with Crippen molar-refractivity contribution in [3.05, 3.63) is 29.7 Å². The lowest BCUT2D eigenvalue weighted by Crippen LogP contribution is -2.37. The number of fused-ring (bicyclic) bond motifs is 1. The fourth-order valence-corrected chi connectivity index (χ4v) is 2.71. The minimum absolute atomic E-state index is 0.539. The third kappa shape index (κ3) is 2.51. The summed E-state index contributed by atoms with van der Waals surface area (Å²) in [7, 11) is 2.17. The van der Waals surface area contributed by atoms with Gasteiger partial charge in [-0.05, 0) is 38.6 Å². The van der Waals surface area contributed by atoms with E-state index in [0.29, 0.717) is 11.6 Å². The summed E-state index contributed by atoms with van der Waals surface area (Å²) in [6.45, 7) is 1.16. The first-order chi connectivity index (χ1) is 9.26. The molecule has 3 heterocycles. The number of aromatic nitrogens is 3. The van der Waals surface area contributed by atoms with Gasteiger partial charge in [-0.3, -0.25) is 4.79 Å². The van der Waals surface area contributed by atoms with Crippen LogP contribution in [0.25, 0.3) is 5.65 Å². The molecule has 1 atom stereocenters. The molecule has 0 N–H and O–H groups in total. The highest BCUT2D eigenvalue weighted by molar-refractivity contribution is 5.74. The first kappa shape index (κ1) is 12.3. The second-order valence-corrected chi connectivity index (χ2v) is 5.25. The van der Waals surface area contributed by atoms with E-state index in [9.17, 15) is 4.79 Å². The first-order valence-electron chi connectivity index (χ1n) is 6.77. The maximum atomic E-state index is 10.7. The van der Waals surface area contributed by atoms with Crippen LogP contribution < -0.4 is 0 Å². The Morgan fingerprint density at radius 2 is 2.32 bits per heavy atom.